The molecular weight excluding hydrogens is 347 g/mol. The first kappa shape index (κ1) is 19.1. The van der Waals surface area contributed by atoms with Crippen molar-refractivity contribution in [3.05, 3.63) is 30.1 Å². The first-order valence-corrected chi connectivity index (χ1v) is 10.5. The minimum atomic E-state index is -0.406. The fourth-order valence-electron chi connectivity index (χ4n) is 2.47. The summed E-state index contributed by atoms with van der Waals surface area (Å²) >= 11 is 0. The smallest absolute Gasteiger partial charge is 0.243 e. The van der Waals surface area contributed by atoms with Gasteiger partial charge in [-0.15, -0.1) is 0 Å². The van der Waals surface area contributed by atoms with Gasteiger partial charge in [0.05, 0.1) is 6.54 Å². The number of carbonyl (C=O) groups excluding carboxylic acids is 2. The van der Waals surface area contributed by atoms with Crippen LogP contribution < -0.4 is 5.32 Å². The number of nitrogens with one attached hydrogen (secondary N) is 1. The molecule has 0 spiro atoms. The zero-order chi connectivity index (χ0) is 17.4. The lowest BCUT2D eigenvalue weighted by Gasteiger charge is -2.17. The van der Waals surface area contributed by atoms with Gasteiger partial charge in [0.1, 0.15) is 5.82 Å². The molecule has 0 aliphatic carbocycles. The number of anilines is 1. The van der Waals surface area contributed by atoms with Gasteiger partial charge in [0, 0.05) is 30.2 Å². The lowest BCUT2D eigenvalue weighted by atomic mass is 10.1. The van der Waals surface area contributed by atoms with E-state index in [0.717, 1.165) is 24.5 Å². The molecule has 1 fully saturated rings. The van der Waals surface area contributed by atoms with Crippen LogP contribution in [0.3, 0.4) is 0 Å². The molecule has 2 rings (SSSR count). The summed E-state index contributed by atoms with van der Waals surface area (Å²) in [6.45, 7) is -0.0233. The van der Waals surface area contributed by atoms with Crippen LogP contribution in [0.5, 0.6) is 0 Å². The van der Waals surface area contributed by atoms with Gasteiger partial charge in [-0.2, -0.15) is 0 Å². The predicted octanol–water partition coefficient (Wildman–Crippen LogP) is 3.94. The van der Waals surface area contributed by atoms with Crippen LogP contribution in [0.15, 0.2) is 24.3 Å². The van der Waals surface area contributed by atoms with Crippen molar-refractivity contribution < 1.29 is 14.0 Å². The Hall–Kier alpha value is -1.21. The quantitative estimate of drug-likeness (QED) is 0.556. The van der Waals surface area contributed by atoms with Gasteiger partial charge < -0.3 is 10.2 Å². The number of rotatable bonds is 8. The van der Waals surface area contributed by atoms with Crippen molar-refractivity contribution >= 4 is 39.1 Å². The Bertz CT molecular complexity index is 565. The SMILES string of the molecule is CN(CC(=O)Nc1cccc(F)c1)C(=O)CCCC[C@@H]1CCSS1. The minimum absolute atomic E-state index is 0.0233. The standard InChI is InChI=1S/C17H23FN2O2S2/c1-20(12-16(21)19-14-6-4-5-13(18)11-14)17(22)8-3-2-7-15-9-10-23-24-15/h4-6,11,15H,2-3,7-10,12H2,1H3,(H,19,21)/t15-/m1/s1. The largest absolute Gasteiger partial charge is 0.336 e. The third-order valence-corrected chi connectivity index (χ3v) is 6.82. The van der Waals surface area contributed by atoms with Crippen LogP contribution in [-0.4, -0.2) is 41.3 Å². The zero-order valence-corrected chi connectivity index (χ0v) is 15.4. The maximum atomic E-state index is 13.1. The Morgan fingerprint density at radius 3 is 2.92 bits per heavy atom. The lowest BCUT2D eigenvalue weighted by Crippen LogP contribution is -2.34. The highest BCUT2D eigenvalue weighted by Crippen LogP contribution is 2.39. The van der Waals surface area contributed by atoms with Crippen LogP contribution in [-0.2, 0) is 9.59 Å². The molecule has 2 amide bonds. The van der Waals surface area contributed by atoms with Crippen molar-refractivity contribution in [2.75, 3.05) is 24.7 Å². The minimum Gasteiger partial charge on any atom is -0.336 e. The number of benzene rings is 1. The normalized spacial score (nSPS) is 16.8. The van der Waals surface area contributed by atoms with E-state index >= 15 is 0 Å². The molecule has 0 radical (unpaired) electrons. The molecular formula is C17H23FN2O2S2. The highest BCUT2D eigenvalue weighted by molar-refractivity contribution is 8.77. The second kappa shape index (κ2) is 9.93. The molecule has 1 heterocycles. The van der Waals surface area contributed by atoms with Crippen molar-refractivity contribution in [1.82, 2.24) is 4.90 Å². The van der Waals surface area contributed by atoms with Crippen LogP contribution in [0.2, 0.25) is 0 Å². The Morgan fingerprint density at radius 1 is 1.38 bits per heavy atom. The maximum Gasteiger partial charge on any atom is 0.243 e. The summed E-state index contributed by atoms with van der Waals surface area (Å²) in [6.07, 6.45) is 4.80. The molecule has 1 aromatic rings. The molecule has 1 aliphatic rings. The second-order valence-corrected chi connectivity index (χ2v) is 8.67. The highest BCUT2D eigenvalue weighted by Gasteiger charge is 2.17. The van der Waals surface area contributed by atoms with Gasteiger partial charge >= 0.3 is 0 Å². The van der Waals surface area contributed by atoms with Crippen LogP contribution >= 0.6 is 21.6 Å². The van der Waals surface area contributed by atoms with Crippen LogP contribution in [0.4, 0.5) is 10.1 Å². The monoisotopic (exact) mass is 370 g/mol. The molecule has 132 valence electrons. The molecule has 1 N–H and O–H groups in total. The first-order valence-electron chi connectivity index (χ1n) is 8.12. The van der Waals surface area contributed by atoms with Gasteiger partial charge in [-0.1, -0.05) is 34.1 Å². The summed E-state index contributed by atoms with van der Waals surface area (Å²) in [5.74, 6) is 0.474. The zero-order valence-electron chi connectivity index (χ0n) is 13.8. The molecule has 1 aliphatic heterocycles. The topological polar surface area (TPSA) is 49.4 Å². The molecule has 7 heteroatoms. The van der Waals surface area contributed by atoms with E-state index < -0.39 is 5.82 Å². The van der Waals surface area contributed by atoms with Gasteiger partial charge in [-0.25, -0.2) is 4.39 Å². The number of unbranched alkanes of at least 4 members (excludes halogenated alkanes) is 1. The summed E-state index contributed by atoms with van der Waals surface area (Å²) in [7, 11) is 5.51. The number of amides is 2. The fourth-order valence-corrected chi connectivity index (χ4v) is 5.50. The summed E-state index contributed by atoms with van der Waals surface area (Å²) in [5, 5.41) is 3.33. The summed E-state index contributed by atoms with van der Waals surface area (Å²) in [4.78, 5) is 25.4. The molecule has 1 saturated heterocycles. The van der Waals surface area contributed by atoms with E-state index in [0.29, 0.717) is 12.1 Å². The van der Waals surface area contributed by atoms with Crippen LogP contribution in [0.25, 0.3) is 0 Å². The van der Waals surface area contributed by atoms with Gasteiger partial charge in [-0.3, -0.25) is 9.59 Å². The molecule has 1 aromatic carbocycles. The first-order chi connectivity index (χ1) is 11.5. The Morgan fingerprint density at radius 2 is 2.21 bits per heavy atom. The molecule has 4 nitrogen and oxygen atoms in total. The average Bonchev–Trinajstić information content (AvgIpc) is 3.04. The van der Waals surface area contributed by atoms with Crippen molar-refractivity contribution in [2.24, 2.45) is 0 Å². The number of likely N-dealkylation sites (N-methyl/N-ethyl adjacent to an activating group) is 1. The lowest BCUT2D eigenvalue weighted by molar-refractivity contribution is -0.133. The Labute approximate surface area is 150 Å². The molecule has 1 atom stereocenters. The summed E-state index contributed by atoms with van der Waals surface area (Å²) in [6, 6.07) is 5.70. The third kappa shape index (κ3) is 6.73. The van der Waals surface area contributed by atoms with E-state index in [9.17, 15) is 14.0 Å². The third-order valence-electron chi connectivity index (χ3n) is 3.81. The van der Waals surface area contributed by atoms with Gasteiger partial charge in [0.25, 0.3) is 0 Å². The van der Waals surface area contributed by atoms with Crippen LogP contribution in [0, 0.1) is 5.82 Å². The van der Waals surface area contributed by atoms with Crippen molar-refractivity contribution in [1.29, 1.82) is 0 Å². The van der Waals surface area contributed by atoms with E-state index in [1.54, 1.807) is 13.1 Å². The predicted molar refractivity (Wildman–Crippen MR) is 99.6 cm³/mol. The van der Waals surface area contributed by atoms with Crippen LogP contribution in [0.1, 0.15) is 32.1 Å². The molecule has 0 saturated carbocycles. The molecule has 24 heavy (non-hydrogen) atoms. The number of hydrogen-bond acceptors (Lipinski definition) is 4. The average molecular weight is 371 g/mol. The van der Waals surface area contributed by atoms with E-state index in [1.165, 1.54) is 35.3 Å². The van der Waals surface area contributed by atoms with Gasteiger partial charge in [-0.05, 0) is 37.5 Å². The van der Waals surface area contributed by atoms with E-state index in [1.807, 2.05) is 21.6 Å². The molecule has 0 aromatic heterocycles. The van der Waals surface area contributed by atoms with Crippen molar-refractivity contribution in [3.8, 4) is 0 Å². The Balaban J connectivity index is 1.63. The maximum absolute atomic E-state index is 13.1. The van der Waals surface area contributed by atoms with Crippen molar-refractivity contribution in [3.63, 3.8) is 0 Å². The number of nitrogens with zero attached hydrogens (tertiary/aromatic N) is 1. The summed E-state index contributed by atoms with van der Waals surface area (Å²) < 4.78 is 13.1. The molecule has 0 bridgehead atoms. The number of halogens is 1. The number of carbonyl (C=O) groups is 2. The van der Waals surface area contributed by atoms with E-state index in [-0.39, 0.29) is 18.4 Å². The van der Waals surface area contributed by atoms with E-state index in [2.05, 4.69) is 5.32 Å². The van der Waals surface area contributed by atoms with E-state index in [4.69, 9.17) is 0 Å². The van der Waals surface area contributed by atoms with Gasteiger partial charge in [0.15, 0.2) is 0 Å². The Kier molecular flexibility index (Phi) is 7.91. The van der Waals surface area contributed by atoms with Crippen molar-refractivity contribution in [2.45, 2.75) is 37.4 Å². The number of hydrogen-bond donors (Lipinski definition) is 1. The second-order valence-electron chi connectivity index (χ2n) is 5.88. The molecule has 0 unspecified atom stereocenters. The fraction of sp³-hybridized carbons (Fsp3) is 0.529. The van der Waals surface area contributed by atoms with Gasteiger partial charge in [0.2, 0.25) is 11.8 Å². The highest BCUT2D eigenvalue weighted by atomic mass is 33.1. The summed E-state index contributed by atoms with van der Waals surface area (Å²) in [5.41, 5.74) is 0.396.